The predicted molar refractivity (Wildman–Crippen MR) is 102 cm³/mol. The molecule has 7 nitrogen and oxygen atoms in total. The van der Waals surface area contributed by atoms with E-state index in [4.69, 9.17) is 10.5 Å². The number of carbonyl (C=O) groups is 1. The lowest BCUT2D eigenvalue weighted by Crippen LogP contribution is -2.40. The van der Waals surface area contributed by atoms with Crippen LogP contribution in [0.25, 0.3) is 0 Å². The van der Waals surface area contributed by atoms with Crippen molar-refractivity contribution < 1.29 is 9.53 Å². The third-order valence-electron chi connectivity index (χ3n) is 5.77. The molecule has 1 aromatic carbocycles. The fraction of sp³-hybridized carbons (Fsp3) is 0.550. The summed E-state index contributed by atoms with van der Waals surface area (Å²) in [6, 6.07) is 10.4. The van der Waals surface area contributed by atoms with Gasteiger partial charge in [-0.3, -0.25) is 9.36 Å². The summed E-state index contributed by atoms with van der Waals surface area (Å²) < 4.78 is 8.16. The van der Waals surface area contributed by atoms with Crippen molar-refractivity contribution >= 4 is 11.9 Å². The van der Waals surface area contributed by atoms with Crippen molar-refractivity contribution in [1.29, 1.82) is 0 Å². The molecule has 0 radical (unpaired) electrons. The summed E-state index contributed by atoms with van der Waals surface area (Å²) in [5.74, 6) is 1.95. The van der Waals surface area contributed by atoms with E-state index in [1.165, 1.54) is 5.56 Å². The van der Waals surface area contributed by atoms with Gasteiger partial charge in [-0.05, 0) is 30.7 Å². The van der Waals surface area contributed by atoms with Gasteiger partial charge in [0.1, 0.15) is 6.10 Å². The third-order valence-corrected chi connectivity index (χ3v) is 5.77. The molecule has 1 aromatic heterocycles. The molecule has 2 aliphatic rings. The van der Waals surface area contributed by atoms with Gasteiger partial charge in [0.25, 0.3) is 0 Å². The number of benzene rings is 1. The minimum atomic E-state index is -0.200. The Bertz CT molecular complexity index is 783. The molecule has 2 aliphatic heterocycles. The standard InChI is InChI=1S/C20H27N5O2/c1-14-9-12-27-17(14)19-22-23-20(24-10-7-16(8-11-24)18(21)26)25(19)13-15-5-3-2-4-6-15/h2-6,14,16-17H,7-13H2,1H3,(H2,21,26)/t14-,17+/m0/s1. The molecule has 0 bridgehead atoms. The van der Waals surface area contributed by atoms with E-state index in [1.54, 1.807) is 0 Å². The number of primary amides is 1. The number of nitrogens with two attached hydrogens (primary N) is 1. The molecular weight excluding hydrogens is 342 g/mol. The van der Waals surface area contributed by atoms with Crippen LogP contribution in [0.3, 0.4) is 0 Å². The highest BCUT2D eigenvalue weighted by molar-refractivity contribution is 5.76. The molecule has 2 aromatic rings. The minimum absolute atomic E-state index is 0.0156. The Morgan fingerprint density at radius 3 is 2.56 bits per heavy atom. The van der Waals surface area contributed by atoms with Crippen LogP contribution in [0.4, 0.5) is 5.95 Å². The van der Waals surface area contributed by atoms with Crippen molar-refractivity contribution in [3.63, 3.8) is 0 Å². The van der Waals surface area contributed by atoms with Gasteiger partial charge in [-0.2, -0.15) is 0 Å². The van der Waals surface area contributed by atoms with Gasteiger partial charge in [0.2, 0.25) is 11.9 Å². The molecule has 7 heteroatoms. The lowest BCUT2D eigenvalue weighted by atomic mass is 9.96. The molecular formula is C20H27N5O2. The van der Waals surface area contributed by atoms with Gasteiger partial charge in [-0.25, -0.2) is 0 Å². The molecule has 4 rings (SSSR count). The Kier molecular flexibility index (Phi) is 5.11. The molecule has 144 valence electrons. The van der Waals surface area contributed by atoms with Crippen LogP contribution in [0.5, 0.6) is 0 Å². The Balaban J connectivity index is 1.63. The van der Waals surface area contributed by atoms with Gasteiger partial charge >= 0.3 is 0 Å². The number of nitrogens with zero attached hydrogens (tertiary/aromatic N) is 4. The molecule has 2 N–H and O–H groups in total. The third kappa shape index (κ3) is 3.69. The van der Waals surface area contributed by atoms with E-state index in [0.717, 1.165) is 50.7 Å². The SMILES string of the molecule is C[C@H]1CCO[C@H]1c1nnc(N2CCC(C(N)=O)CC2)n1Cc1ccccc1. The number of amides is 1. The number of hydrogen-bond acceptors (Lipinski definition) is 5. The van der Waals surface area contributed by atoms with Crippen LogP contribution >= 0.6 is 0 Å². The molecule has 3 heterocycles. The lowest BCUT2D eigenvalue weighted by molar-refractivity contribution is -0.122. The van der Waals surface area contributed by atoms with Crippen molar-refractivity contribution in [3.8, 4) is 0 Å². The van der Waals surface area contributed by atoms with Crippen LogP contribution in [-0.2, 0) is 16.1 Å². The number of rotatable bonds is 5. The Hall–Kier alpha value is -2.41. The van der Waals surface area contributed by atoms with Gasteiger partial charge in [0.15, 0.2) is 5.82 Å². The zero-order valence-electron chi connectivity index (χ0n) is 15.8. The van der Waals surface area contributed by atoms with Crippen molar-refractivity contribution in [2.45, 2.75) is 38.8 Å². The summed E-state index contributed by atoms with van der Waals surface area (Å²) in [5, 5.41) is 9.06. The number of ether oxygens (including phenoxy) is 1. The van der Waals surface area contributed by atoms with E-state index in [2.05, 4.69) is 38.7 Å². The Labute approximate surface area is 159 Å². The maximum absolute atomic E-state index is 11.5. The topological polar surface area (TPSA) is 86.3 Å². The minimum Gasteiger partial charge on any atom is -0.370 e. The van der Waals surface area contributed by atoms with Crippen LogP contribution in [0.1, 0.15) is 43.7 Å². The average Bonchev–Trinajstić information content (AvgIpc) is 3.28. The summed E-state index contributed by atoms with van der Waals surface area (Å²) in [7, 11) is 0. The molecule has 0 aliphatic carbocycles. The molecule has 0 spiro atoms. The number of hydrogen-bond donors (Lipinski definition) is 1. The summed E-state index contributed by atoms with van der Waals surface area (Å²) in [5.41, 5.74) is 6.68. The first-order chi connectivity index (χ1) is 13.1. The monoisotopic (exact) mass is 369 g/mol. The summed E-state index contributed by atoms with van der Waals surface area (Å²) in [4.78, 5) is 13.7. The van der Waals surface area contributed by atoms with Crippen LogP contribution in [0.2, 0.25) is 0 Å². The van der Waals surface area contributed by atoms with Crippen LogP contribution in [-0.4, -0.2) is 40.4 Å². The van der Waals surface area contributed by atoms with Crippen molar-refractivity contribution in [3.05, 3.63) is 41.7 Å². The first-order valence-corrected chi connectivity index (χ1v) is 9.76. The fourth-order valence-electron chi connectivity index (χ4n) is 4.06. The van der Waals surface area contributed by atoms with Crippen molar-refractivity contribution in [2.75, 3.05) is 24.6 Å². The van der Waals surface area contributed by atoms with E-state index >= 15 is 0 Å². The van der Waals surface area contributed by atoms with E-state index in [0.29, 0.717) is 12.5 Å². The van der Waals surface area contributed by atoms with E-state index in [1.807, 2.05) is 18.2 Å². The van der Waals surface area contributed by atoms with Gasteiger partial charge in [0.05, 0.1) is 6.54 Å². The van der Waals surface area contributed by atoms with E-state index in [-0.39, 0.29) is 17.9 Å². The van der Waals surface area contributed by atoms with E-state index in [9.17, 15) is 4.79 Å². The second kappa shape index (κ2) is 7.68. The first-order valence-electron chi connectivity index (χ1n) is 9.76. The second-order valence-corrected chi connectivity index (χ2v) is 7.65. The number of carbonyl (C=O) groups excluding carboxylic acids is 1. The lowest BCUT2D eigenvalue weighted by Gasteiger charge is -2.31. The fourth-order valence-corrected chi connectivity index (χ4v) is 4.06. The van der Waals surface area contributed by atoms with E-state index < -0.39 is 0 Å². The molecule has 27 heavy (non-hydrogen) atoms. The summed E-state index contributed by atoms with van der Waals surface area (Å²) in [6.45, 7) is 5.21. The molecule has 0 saturated carbocycles. The second-order valence-electron chi connectivity index (χ2n) is 7.65. The molecule has 2 fully saturated rings. The van der Waals surface area contributed by atoms with Crippen molar-refractivity contribution in [1.82, 2.24) is 14.8 Å². The molecule has 0 unspecified atom stereocenters. The van der Waals surface area contributed by atoms with Gasteiger partial charge in [-0.15, -0.1) is 10.2 Å². The zero-order chi connectivity index (χ0) is 18.8. The summed E-state index contributed by atoms with van der Waals surface area (Å²) in [6.07, 6.45) is 2.55. The van der Waals surface area contributed by atoms with Crippen LogP contribution in [0.15, 0.2) is 30.3 Å². The maximum atomic E-state index is 11.5. The van der Waals surface area contributed by atoms with Crippen LogP contribution in [0, 0.1) is 11.8 Å². The van der Waals surface area contributed by atoms with Gasteiger partial charge < -0.3 is 15.4 Å². The zero-order valence-corrected chi connectivity index (χ0v) is 15.8. The predicted octanol–water partition coefficient (Wildman–Crippen LogP) is 2.13. The quantitative estimate of drug-likeness (QED) is 0.872. The van der Waals surface area contributed by atoms with Gasteiger partial charge in [0, 0.05) is 25.6 Å². The highest BCUT2D eigenvalue weighted by Gasteiger charge is 2.33. The summed E-state index contributed by atoms with van der Waals surface area (Å²) >= 11 is 0. The number of piperidine rings is 1. The highest BCUT2D eigenvalue weighted by Crippen LogP contribution is 2.35. The largest absolute Gasteiger partial charge is 0.370 e. The number of aromatic nitrogens is 3. The number of anilines is 1. The smallest absolute Gasteiger partial charge is 0.227 e. The van der Waals surface area contributed by atoms with Crippen LogP contribution < -0.4 is 10.6 Å². The Morgan fingerprint density at radius 2 is 1.93 bits per heavy atom. The maximum Gasteiger partial charge on any atom is 0.227 e. The first kappa shape index (κ1) is 18.0. The molecule has 1 amide bonds. The highest BCUT2D eigenvalue weighted by atomic mass is 16.5. The Morgan fingerprint density at radius 1 is 1.19 bits per heavy atom. The molecule has 2 saturated heterocycles. The van der Waals surface area contributed by atoms with Crippen molar-refractivity contribution in [2.24, 2.45) is 17.6 Å². The molecule has 2 atom stereocenters. The van der Waals surface area contributed by atoms with Gasteiger partial charge in [-0.1, -0.05) is 37.3 Å². The average molecular weight is 369 g/mol. The normalized spacial score (nSPS) is 23.7.